The van der Waals surface area contributed by atoms with Gasteiger partial charge < -0.3 is 9.47 Å². The summed E-state index contributed by atoms with van der Waals surface area (Å²) in [5.41, 5.74) is 3.97. The van der Waals surface area contributed by atoms with Gasteiger partial charge in [-0.05, 0) is 35.4 Å². The molecule has 0 saturated carbocycles. The summed E-state index contributed by atoms with van der Waals surface area (Å²) in [6, 6.07) is 35.7. The molecule has 0 spiro atoms. The fourth-order valence-electron chi connectivity index (χ4n) is 3.10. The van der Waals surface area contributed by atoms with E-state index < -0.39 is 0 Å². The molecule has 0 atom stereocenters. The predicted molar refractivity (Wildman–Crippen MR) is 130 cm³/mol. The molecule has 4 heteroatoms. The van der Waals surface area contributed by atoms with Crippen LogP contribution < -0.4 is 9.47 Å². The molecule has 0 N–H and O–H groups in total. The van der Waals surface area contributed by atoms with E-state index in [0.717, 1.165) is 33.8 Å². The quantitative estimate of drug-likeness (QED) is 0.236. The lowest BCUT2D eigenvalue weighted by molar-refractivity contribution is 0.305. The molecule has 0 bridgehead atoms. The third-order valence-electron chi connectivity index (χ3n) is 4.77. The largest absolute Gasteiger partial charge is 0.488 e. The zero-order valence-electron chi connectivity index (χ0n) is 17.7. The van der Waals surface area contributed by atoms with Gasteiger partial charge in [-0.25, -0.2) is 0 Å². The Morgan fingerprint density at radius 1 is 0.469 bits per heavy atom. The summed E-state index contributed by atoms with van der Waals surface area (Å²) in [5, 5.41) is 8.44. The average Bonchev–Trinajstić information content (AvgIpc) is 2.86. The summed E-state index contributed by atoms with van der Waals surface area (Å²) in [6.45, 7) is 1.00. The van der Waals surface area contributed by atoms with E-state index in [-0.39, 0.29) is 0 Å². The van der Waals surface area contributed by atoms with Gasteiger partial charge in [0.1, 0.15) is 24.7 Å². The van der Waals surface area contributed by atoms with Gasteiger partial charge in [-0.15, -0.1) is 0 Å². The van der Waals surface area contributed by atoms with Crippen molar-refractivity contribution in [2.75, 3.05) is 0 Å². The van der Waals surface area contributed by atoms with Crippen LogP contribution in [0.1, 0.15) is 22.3 Å². The van der Waals surface area contributed by atoms with Crippen molar-refractivity contribution in [1.82, 2.24) is 0 Å². The molecule has 0 aliphatic rings. The topological polar surface area (TPSA) is 43.2 Å². The van der Waals surface area contributed by atoms with Gasteiger partial charge in [0.15, 0.2) is 0 Å². The Morgan fingerprint density at radius 2 is 0.844 bits per heavy atom. The van der Waals surface area contributed by atoms with E-state index in [0.29, 0.717) is 13.2 Å². The predicted octanol–water partition coefficient (Wildman–Crippen LogP) is 6.30. The van der Waals surface area contributed by atoms with Gasteiger partial charge in [0.05, 0.1) is 12.4 Å². The summed E-state index contributed by atoms with van der Waals surface area (Å²) in [4.78, 5) is 0. The molecule has 4 rings (SSSR count). The lowest BCUT2D eigenvalue weighted by atomic mass is 10.2. The number of benzene rings is 4. The molecule has 4 aromatic rings. The van der Waals surface area contributed by atoms with E-state index in [2.05, 4.69) is 10.2 Å². The summed E-state index contributed by atoms with van der Waals surface area (Å²) in [6.07, 6.45) is 3.40. The minimum absolute atomic E-state index is 0.501. The van der Waals surface area contributed by atoms with Gasteiger partial charge in [-0.2, -0.15) is 10.2 Å². The van der Waals surface area contributed by atoms with Crippen LogP contribution in [0, 0.1) is 0 Å². The minimum Gasteiger partial charge on any atom is -0.488 e. The molecule has 0 unspecified atom stereocenters. The summed E-state index contributed by atoms with van der Waals surface area (Å²) >= 11 is 0. The first-order valence-electron chi connectivity index (χ1n) is 10.5. The first kappa shape index (κ1) is 21.1. The fourth-order valence-corrected chi connectivity index (χ4v) is 3.10. The van der Waals surface area contributed by atoms with Crippen LogP contribution in [-0.4, -0.2) is 12.4 Å². The van der Waals surface area contributed by atoms with Crippen molar-refractivity contribution >= 4 is 12.4 Å². The maximum atomic E-state index is 5.97. The third kappa shape index (κ3) is 6.16. The van der Waals surface area contributed by atoms with E-state index >= 15 is 0 Å². The Kier molecular flexibility index (Phi) is 7.42. The van der Waals surface area contributed by atoms with Crippen LogP contribution in [-0.2, 0) is 13.2 Å². The SMILES string of the molecule is C(=N/N=C\c1ccccc1OCc1ccccc1)/c1ccccc1OCc1ccccc1. The maximum absolute atomic E-state index is 5.97. The smallest absolute Gasteiger partial charge is 0.128 e. The van der Waals surface area contributed by atoms with Crippen LogP contribution in [0.25, 0.3) is 0 Å². The van der Waals surface area contributed by atoms with Gasteiger partial charge in [-0.1, -0.05) is 84.9 Å². The van der Waals surface area contributed by atoms with E-state index in [1.165, 1.54) is 0 Å². The van der Waals surface area contributed by atoms with E-state index in [9.17, 15) is 0 Å². The second-order valence-electron chi connectivity index (χ2n) is 7.11. The normalized spacial score (nSPS) is 11.1. The molecule has 0 aliphatic heterocycles. The Hall–Kier alpha value is -4.18. The van der Waals surface area contributed by atoms with Gasteiger partial charge >= 0.3 is 0 Å². The zero-order chi connectivity index (χ0) is 21.8. The number of ether oxygens (including phenoxy) is 2. The number of para-hydroxylation sites is 2. The standard InChI is InChI=1S/C28H24N2O2/c1-3-11-23(12-4-1)21-31-27-17-9-7-15-25(27)19-29-30-20-26-16-8-10-18-28(26)32-22-24-13-5-2-6-14-24/h1-20H,21-22H2/b29-19-,30-20-. The molecule has 0 radical (unpaired) electrons. The molecule has 0 aliphatic carbocycles. The fraction of sp³-hybridized carbons (Fsp3) is 0.0714. The Balaban J connectivity index is 1.40. The molecule has 4 aromatic carbocycles. The maximum Gasteiger partial charge on any atom is 0.128 e. The van der Waals surface area contributed by atoms with Crippen molar-refractivity contribution in [1.29, 1.82) is 0 Å². The van der Waals surface area contributed by atoms with Crippen LogP contribution in [0.5, 0.6) is 11.5 Å². The highest BCUT2D eigenvalue weighted by atomic mass is 16.5. The first-order chi connectivity index (χ1) is 15.9. The van der Waals surface area contributed by atoms with Gasteiger partial charge in [0.25, 0.3) is 0 Å². The Labute approximate surface area is 188 Å². The summed E-state index contributed by atoms with van der Waals surface area (Å²) < 4.78 is 11.9. The van der Waals surface area contributed by atoms with Crippen molar-refractivity contribution in [2.24, 2.45) is 10.2 Å². The van der Waals surface area contributed by atoms with Crippen molar-refractivity contribution in [2.45, 2.75) is 13.2 Å². The number of hydrogen-bond donors (Lipinski definition) is 0. The highest BCUT2D eigenvalue weighted by molar-refractivity contribution is 5.86. The van der Waals surface area contributed by atoms with E-state index in [1.54, 1.807) is 12.4 Å². The number of hydrogen-bond acceptors (Lipinski definition) is 4. The van der Waals surface area contributed by atoms with E-state index in [4.69, 9.17) is 9.47 Å². The third-order valence-corrected chi connectivity index (χ3v) is 4.77. The van der Waals surface area contributed by atoms with Gasteiger partial charge in [-0.3, -0.25) is 0 Å². The van der Waals surface area contributed by atoms with Crippen LogP contribution in [0.2, 0.25) is 0 Å². The van der Waals surface area contributed by atoms with Crippen LogP contribution >= 0.6 is 0 Å². The summed E-state index contributed by atoms with van der Waals surface area (Å²) in [5.74, 6) is 1.53. The van der Waals surface area contributed by atoms with Crippen LogP contribution in [0.4, 0.5) is 0 Å². The van der Waals surface area contributed by atoms with E-state index in [1.807, 2.05) is 109 Å². The molecular formula is C28H24N2O2. The van der Waals surface area contributed by atoms with Crippen molar-refractivity contribution < 1.29 is 9.47 Å². The minimum atomic E-state index is 0.501. The molecule has 0 amide bonds. The number of rotatable bonds is 9. The molecule has 158 valence electrons. The summed E-state index contributed by atoms with van der Waals surface area (Å²) in [7, 11) is 0. The Morgan fingerprint density at radius 3 is 1.28 bits per heavy atom. The van der Waals surface area contributed by atoms with Crippen molar-refractivity contribution in [3.63, 3.8) is 0 Å². The Bertz CT molecular complexity index is 1080. The molecule has 0 heterocycles. The van der Waals surface area contributed by atoms with Crippen LogP contribution in [0.15, 0.2) is 119 Å². The second kappa shape index (κ2) is 11.3. The second-order valence-corrected chi connectivity index (χ2v) is 7.11. The van der Waals surface area contributed by atoms with Gasteiger partial charge in [0, 0.05) is 11.1 Å². The lowest BCUT2D eigenvalue weighted by Gasteiger charge is -2.09. The molecule has 0 aromatic heterocycles. The van der Waals surface area contributed by atoms with Gasteiger partial charge in [0.2, 0.25) is 0 Å². The average molecular weight is 421 g/mol. The zero-order valence-corrected chi connectivity index (χ0v) is 17.7. The van der Waals surface area contributed by atoms with Crippen molar-refractivity contribution in [3.8, 4) is 11.5 Å². The van der Waals surface area contributed by atoms with Crippen molar-refractivity contribution in [3.05, 3.63) is 131 Å². The van der Waals surface area contributed by atoms with Crippen LogP contribution in [0.3, 0.4) is 0 Å². The molecular weight excluding hydrogens is 396 g/mol. The highest BCUT2D eigenvalue weighted by Gasteiger charge is 2.02. The first-order valence-corrected chi connectivity index (χ1v) is 10.5. The molecule has 0 fully saturated rings. The molecule has 32 heavy (non-hydrogen) atoms. The highest BCUT2D eigenvalue weighted by Crippen LogP contribution is 2.19. The molecule has 4 nitrogen and oxygen atoms in total. The molecule has 0 saturated heterocycles. The number of nitrogens with zero attached hydrogens (tertiary/aromatic N) is 2. The lowest BCUT2D eigenvalue weighted by Crippen LogP contribution is -1.98. The monoisotopic (exact) mass is 420 g/mol.